The Kier molecular flexibility index (Phi) is 8.51. The molecule has 0 saturated heterocycles. The summed E-state index contributed by atoms with van der Waals surface area (Å²) in [7, 11) is 1.50. The van der Waals surface area contributed by atoms with Crippen LogP contribution in [0, 0.1) is 13.8 Å². The van der Waals surface area contributed by atoms with Gasteiger partial charge in [0.1, 0.15) is 6.61 Å². The number of benzene rings is 3. The third-order valence-electron chi connectivity index (χ3n) is 4.97. The van der Waals surface area contributed by atoms with Crippen LogP contribution < -0.4 is 20.2 Å². The lowest BCUT2D eigenvalue weighted by Gasteiger charge is -2.13. The minimum atomic E-state index is -0.891. The van der Waals surface area contributed by atoms with E-state index in [0.29, 0.717) is 38.4 Å². The number of carbonyl (C=O) groups excluding carboxylic acids is 2. The van der Waals surface area contributed by atoms with Crippen molar-refractivity contribution < 1.29 is 19.1 Å². The molecule has 3 aromatic rings. The molecule has 3 aromatic carbocycles. The number of nitrogens with zero attached hydrogens (tertiary/aromatic N) is 1. The fourth-order valence-corrected chi connectivity index (χ4v) is 3.43. The molecule has 0 bridgehead atoms. The second kappa shape index (κ2) is 11.5. The molecule has 0 heterocycles. The Bertz CT molecular complexity index is 1220. The highest BCUT2D eigenvalue weighted by atomic mass is 35.5. The van der Waals surface area contributed by atoms with Gasteiger partial charge >= 0.3 is 11.8 Å². The van der Waals surface area contributed by atoms with E-state index in [0.717, 1.165) is 11.1 Å². The monoisotopic (exact) mass is 499 g/mol. The SMILES string of the molecule is COc1cc(C=NNC(=O)C(=O)Nc2ccc(C)c(C)c2)ccc1OCc1c(Cl)cccc1Cl. The molecule has 2 amide bonds. The molecule has 3 rings (SSSR count). The molecule has 0 aliphatic heterocycles. The van der Waals surface area contributed by atoms with Gasteiger partial charge in [0.25, 0.3) is 0 Å². The van der Waals surface area contributed by atoms with E-state index in [9.17, 15) is 9.59 Å². The summed E-state index contributed by atoms with van der Waals surface area (Å²) in [6, 6.07) is 15.7. The number of rotatable bonds is 7. The number of methoxy groups -OCH3 is 1. The van der Waals surface area contributed by atoms with E-state index in [4.69, 9.17) is 32.7 Å². The zero-order chi connectivity index (χ0) is 24.7. The van der Waals surface area contributed by atoms with Gasteiger partial charge in [-0.3, -0.25) is 9.59 Å². The maximum Gasteiger partial charge on any atom is 0.329 e. The number of carbonyl (C=O) groups is 2. The van der Waals surface area contributed by atoms with Crippen molar-refractivity contribution in [2.75, 3.05) is 12.4 Å². The number of halogens is 2. The minimum absolute atomic E-state index is 0.161. The normalized spacial score (nSPS) is 10.7. The van der Waals surface area contributed by atoms with Crippen molar-refractivity contribution in [2.24, 2.45) is 5.10 Å². The summed E-state index contributed by atoms with van der Waals surface area (Å²) in [5, 5.41) is 7.39. The van der Waals surface area contributed by atoms with Gasteiger partial charge in [0.05, 0.1) is 13.3 Å². The first-order chi connectivity index (χ1) is 16.3. The van der Waals surface area contributed by atoms with Crippen LogP contribution in [0.15, 0.2) is 59.7 Å². The molecule has 0 radical (unpaired) electrons. The van der Waals surface area contributed by atoms with Crippen LogP contribution in [0.2, 0.25) is 10.0 Å². The Labute approximate surface area is 207 Å². The van der Waals surface area contributed by atoms with Crippen molar-refractivity contribution in [3.63, 3.8) is 0 Å². The Morgan fingerprint density at radius 2 is 1.68 bits per heavy atom. The number of ether oxygens (including phenoxy) is 2. The smallest absolute Gasteiger partial charge is 0.329 e. The quantitative estimate of drug-likeness (QED) is 0.262. The van der Waals surface area contributed by atoms with Crippen molar-refractivity contribution in [2.45, 2.75) is 20.5 Å². The lowest BCUT2D eigenvalue weighted by molar-refractivity contribution is -0.136. The van der Waals surface area contributed by atoms with E-state index < -0.39 is 11.8 Å². The molecule has 34 heavy (non-hydrogen) atoms. The lowest BCUT2D eigenvalue weighted by atomic mass is 10.1. The van der Waals surface area contributed by atoms with Gasteiger partial charge in [-0.1, -0.05) is 35.3 Å². The van der Waals surface area contributed by atoms with Gasteiger partial charge in [-0.2, -0.15) is 5.10 Å². The Balaban J connectivity index is 1.59. The fraction of sp³-hybridized carbons (Fsp3) is 0.160. The van der Waals surface area contributed by atoms with E-state index in [1.54, 1.807) is 48.5 Å². The highest BCUT2D eigenvalue weighted by Gasteiger charge is 2.13. The molecule has 0 spiro atoms. The average Bonchev–Trinajstić information content (AvgIpc) is 2.81. The number of hydrazone groups is 1. The van der Waals surface area contributed by atoms with Crippen LogP contribution >= 0.6 is 23.2 Å². The summed E-state index contributed by atoms with van der Waals surface area (Å²) in [5.41, 5.74) is 6.12. The largest absolute Gasteiger partial charge is 0.493 e. The molecule has 0 fully saturated rings. The number of hydrogen-bond acceptors (Lipinski definition) is 5. The van der Waals surface area contributed by atoms with Gasteiger partial charge < -0.3 is 14.8 Å². The van der Waals surface area contributed by atoms with E-state index in [1.807, 2.05) is 19.9 Å². The highest BCUT2D eigenvalue weighted by Crippen LogP contribution is 2.31. The zero-order valence-electron chi connectivity index (χ0n) is 18.8. The molecule has 9 heteroatoms. The maximum atomic E-state index is 12.1. The first-order valence-corrected chi connectivity index (χ1v) is 11.0. The molecule has 2 N–H and O–H groups in total. The maximum absolute atomic E-state index is 12.1. The number of anilines is 1. The van der Waals surface area contributed by atoms with Crippen LogP contribution in [0.1, 0.15) is 22.3 Å². The van der Waals surface area contributed by atoms with Gasteiger partial charge in [0.2, 0.25) is 0 Å². The predicted molar refractivity (Wildman–Crippen MR) is 134 cm³/mol. The number of hydrogen-bond donors (Lipinski definition) is 2. The summed E-state index contributed by atoms with van der Waals surface area (Å²) in [6.45, 7) is 4.05. The summed E-state index contributed by atoms with van der Waals surface area (Å²) in [5.74, 6) is -0.781. The molecular formula is C25H23Cl2N3O4. The van der Waals surface area contributed by atoms with E-state index in [-0.39, 0.29) is 6.61 Å². The summed E-state index contributed by atoms with van der Waals surface area (Å²) in [4.78, 5) is 24.1. The molecule has 0 aliphatic carbocycles. The van der Waals surface area contributed by atoms with Crippen LogP contribution in [0.3, 0.4) is 0 Å². The topological polar surface area (TPSA) is 89.0 Å². The molecule has 176 valence electrons. The van der Waals surface area contributed by atoms with Crippen molar-refractivity contribution in [3.05, 3.63) is 86.9 Å². The lowest BCUT2D eigenvalue weighted by Crippen LogP contribution is -2.32. The number of amides is 2. The second-order valence-corrected chi connectivity index (χ2v) is 8.17. The van der Waals surface area contributed by atoms with Crippen molar-refractivity contribution in [3.8, 4) is 11.5 Å². The van der Waals surface area contributed by atoms with Crippen LogP contribution in [-0.4, -0.2) is 25.1 Å². The second-order valence-electron chi connectivity index (χ2n) is 7.35. The molecule has 0 saturated carbocycles. The number of nitrogens with one attached hydrogen (secondary N) is 2. The van der Waals surface area contributed by atoms with Crippen molar-refractivity contribution >= 4 is 46.9 Å². The van der Waals surface area contributed by atoms with Gasteiger partial charge in [-0.25, -0.2) is 5.43 Å². The van der Waals surface area contributed by atoms with Crippen LogP contribution in [-0.2, 0) is 16.2 Å². The summed E-state index contributed by atoms with van der Waals surface area (Å²) >= 11 is 12.4. The van der Waals surface area contributed by atoms with E-state index >= 15 is 0 Å². The molecule has 0 atom stereocenters. The van der Waals surface area contributed by atoms with Gasteiger partial charge in [0, 0.05) is 21.3 Å². The molecule has 0 unspecified atom stereocenters. The summed E-state index contributed by atoms with van der Waals surface area (Å²) < 4.78 is 11.2. The molecule has 0 aliphatic rings. The van der Waals surface area contributed by atoms with Crippen LogP contribution in [0.4, 0.5) is 5.69 Å². The third kappa shape index (κ3) is 6.50. The first-order valence-electron chi connectivity index (χ1n) is 10.2. The van der Waals surface area contributed by atoms with Crippen LogP contribution in [0.25, 0.3) is 0 Å². The third-order valence-corrected chi connectivity index (χ3v) is 5.68. The fourth-order valence-electron chi connectivity index (χ4n) is 2.93. The Morgan fingerprint density at radius 3 is 2.35 bits per heavy atom. The molecule has 0 aromatic heterocycles. The average molecular weight is 500 g/mol. The van der Waals surface area contributed by atoms with Gasteiger partial charge in [-0.15, -0.1) is 0 Å². The minimum Gasteiger partial charge on any atom is -0.493 e. The van der Waals surface area contributed by atoms with E-state index in [2.05, 4.69) is 15.8 Å². The Hall–Kier alpha value is -3.55. The van der Waals surface area contributed by atoms with Gasteiger partial charge in [0.15, 0.2) is 11.5 Å². The Morgan fingerprint density at radius 1 is 0.941 bits per heavy atom. The predicted octanol–water partition coefficient (Wildman–Crippen LogP) is 5.29. The molecule has 7 nitrogen and oxygen atoms in total. The van der Waals surface area contributed by atoms with Gasteiger partial charge in [-0.05, 0) is 73.0 Å². The van der Waals surface area contributed by atoms with Crippen molar-refractivity contribution in [1.82, 2.24) is 5.43 Å². The summed E-state index contributed by atoms with van der Waals surface area (Å²) in [6.07, 6.45) is 1.39. The zero-order valence-corrected chi connectivity index (χ0v) is 20.3. The number of aryl methyl sites for hydroxylation is 2. The van der Waals surface area contributed by atoms with E-state index in [1.165, 1.54) is 13.3 Å². The van der Waals surface area contributed by atoms with Crippen LogP contribution in [0.5, 0.6) is 11.5 Å². The highest BCUT2D eigenvalue weighted by molar-refractivity contribution is 6.39. The molecular weight excluding hydrogens is 477 g/mol. The standard InChI is InChI=1S/C25H23Cl2N3O4/c1-15-7-9-18(11-16(15)2)29-24(31)25(32)30-28-13-17-8-10-22(23(12-17)33-3)34-14-19-20(26)5-4-6-21(19)27/h4-13H,14H2,1-3H3,(H,29,31)(H,30,32). The first kappa shape index (κ1) is 25.1. The van der Waals surface area contributed by atoms with Crippen molar-refractivity contribution in [1.29, 1.82) is 0 Å².